The SMILES string of the molecule is CCOc1cc(CN(c2ccc(C(=N)N)cc2)c2ncc(-c3ccccc3OCc3ccccc3)[nH]2)c(F)c(OC(C)C)c1.O=C(O)C(F)(F)F.O=C(O)C(F)(F)F. The Balaban J connectivity index is 0.000000550. The molecular weight excluding hydrogens is 783 g/mol. The fourth-order valence-electron chi connectivity index (χ4n) is 4.75. The number of nitrogens with zero attached hydrogens (tertiary/aromatic N) is 2. The fourth-order valence-corrected chi connectivity index (χ4v) is 4.75. The summed E-state index contributed by atoms with van der Waals surface area (Å²) in [6, 6.07) is 28.1. The molecule has 0 aliphatic rings. The second kappa shape index (κ2) is 20.4. The first-order valence-corrected chi connectivity index (χ1v) is 17.0. The number of para-hydroxylation sites is 1. The van der Waals surface area contributed by atoms with Crippen LogP contribution in [0.25, 0.3) is 11.3 Å². The highest BCUT2D eigenvalue weighted by molar-refractivity contribution is 5.95. The second-order valence-electron chi connectivity index (χ2n) is 12.0. The van der Waals surface area contributed by atoms with Crippen LogP contribution in [0.1, 0.15) is 37.5 Å². The number of benzene rings is 4. The van der Waals surface area contributed by atoms with Crippen molar-refractivity contribution in [3.63, 3.8) is 0 Å². The maximum Gasteiger partial charge on any atom is 0.490 e. The van der Waals surface area contributed by atoms with Gasteiger partial charge >= 0.3 is 24.3 Å². The van der Waals surface area contributed by atoms with Crippen LogP contribution in [0.15, 0.2) is 97.2 Å². The smallest absolute Gasteiger partial charge is 0.490 e. The molecule has 0 radical (unpaired) electrons. The number of ether oxygens (including phenoxy) is 3. The summed E-state index contributed by atoms with van der Waals surface area (Å²) in [6.07, 6.45) is -8.65. The van der Waals surface area contributed by atoms with E-state index in [1.807, 2.05) is 92.4 Å². The number of H-pyrrole nitrogens is 1. The zero-order valence-corrected chi connectivity index (χ0v) is 31.0. The average Bonchev–Trinajstić information content (AvgIpc) is 3.65. The fraction of sp³-hybridized carbons (Fsp3) is 0.231. The summed E-state index contributed by atoms with van der Waals surface area (Å²) in [5.41, 5.74) is 10.0. The number of amidine groups is 1. The van der Waals surface area contributed by atoms with Gasteiger partial charge in [-0.05, 0) is 68.8 Å². The van der Waals surface area contributed by atoms with Gasteiger partial charge in [0.15, 0.2) is 11.6 Å². The summed E-state index contributed by atoms with van der Waals surface area (Å²) in [4.78, 5) is 27.8. The number of anilines is 2. The van der Waals surface area contributed by atoms with E-state index in [0.717, 1.165) is 22.5 Å². The number of carbonyl (C=O) groups is 2. The Kier molecular flexibility index (Phi) is 16.0. The predicted molar refractivity (Wildman–Crippen MR) is 199 cm³/mol. The van der Waals surface area contributed by atoms with Crippen LogP contribution >= 0.6 is 0 Å². The van der Waals surface area contributed by atoms with Crippen LogP contribution < -0.4 is 24.8 Å². The van der Waals surface area contributed by atoms with Crippen molar-refractivity contribution in [2.45, 2.75) is 52.4 Å². The summed E-state index contributed by atoms with van der Waals surface area (Å²) in [5.74, 6) is -4.20. The molecule has 310 valence electrons. The molecule has 0 atom stereocenters. The molecule has 0 bridgehead atoms. The lowest BCUT2D eigenvalue weighted by molar-refractivity contribution is -0.193. The quantitative estimate of drug-likeness (QED) is 0.0437. The number of rotatable bonds is 13. The molecule has 0 unspecified atom stereocenters. The van der Waals surface area contributed by atoms with E-state index in [-0.39, 0.29) is 24.2 Å². The lowest BCUT2D eigenvalue weighted by Crippen LogP contribution is -2.21. The third kappa shape index (κ3) is 13.7. The molecule has 4 aromatic carbocycles. The molecule has 1 heterocycles. The van der Waals surface area contributed by atoms with Gasteiger partial charge in [-0.1, -0.05) is 42.5 Å². The predicted octanol–water partition coefficient (Wildman–Crippen LogP) is 8.87. The number of aromatic amines is 1. The minimum Gasteiger partial charge on any atom is -0.494 e. The third-order valence-corrected chi connectivity index (χ3v) is 7.30. The first-order valence-electron chi connectivity index (χ1n) is 17.0. The number of hydrogen-bond acceptors (Lipinski definition) is 8. The zero-order chi connectivity index (χ0) is 43.2. The summed E-state index contributed by atoms with van der Waals surface area (Å²) in [5, 5.41) is 22.0. The van der Waals surface area contributed by atoms with Crippen molar-refractivity contribution in [2.24, 2.45) is 5.73 Å². The number of nitrogens with one attached hydrogen (secondary N) is 2. The number of nitrogen functional groups attached to an aromatic ring is 1. The summed E-state index contributed by atoms with van der Waals surface area (Å²) in [6.45, 7) is 6.53. The Labute approximate surface area is 327 Å². The van der Waals surface area contributed by atoms with E-state index in [1.54, 1.807) is 30.5 Å². The monoisotopic (exact) mass is 821 g/mol. The van der Waals surface area contributed by atoms with E-state index in [1.165, 1.54) is 0 Å². The molecule has 6 N–H and O–H groups in total. The van der Waals surface area contributed by atoms with Gasteiger partial charge in [-0.3, -0.25) is 5.41 Å². The molecule has 0 saturated heterocycles. The van der Waals surface area contributed by atoms with Gasteiger partial charge < -0.3 is 40.0 Å². The van der Waals surface area contributed by atoms with Crippen molar-refractivity contribution < 1.29 is 64.7 Å². The minimum absolute atomic E-state index is 0.0403. The van der Waals surface area contributed by atoms with E-state index < -0.39 is 30.1 Å². The largest absolute Gasteiger partial charge is 0.494 e. The molecule has 0 amide bonds. The van der Waals surface area contributed by atoms with Gasteiger partial charge in [0.2, 0.25) is 5.95 Å². The van der Waals surface area contributed by atoms with Crippen LogP contribution in [0.3, 0.4) is 0 Å². The molecule has 5 aromatic rings. The lowest BCUT2D eigenvalue weighted by atomic mass is 10.1. The van der Waals surface area contributed by atoms with Crippen molar-refractivity contribution in [2.75, 3.05) is 11.5 Å². The van der Waals surface area contributed by atoms with Crippen LogP contribution in [0, 0.1) is 11.2 Å². The Hall–Kier alpha value is -6.79. The zero-order valence-electron chi connectivity index (χ0n) is 31.0. The number of carboxylic acid groups (broad SMARTS) is 2. The van der Waals surface area contributed by atoms with Gasteiger partial charge in [-0.15, -0.1) is 0 Å². The van der Waals surface area contributed by atoms with Crippen LogP contribution in [0.2, 0.25) is 0 Å². The summed E-state index contributed by atoms with van der Waals surface area (Å²) in [7, 11) is 0. The van der Waals surface area contributed by atoms with Crippen molar-refractivity contribution in [3.8, 4) is 28.5 Å². The summed E-state index contributed by atoms with van der Waals surface area (Å²) >= 11 is 0. The van der Waals surface area contributed by atoms with E-state index >= 15 is 4.39 Å². The molecule has 0 saturated carbocycles. The number of aliphatic carboxylic acids is 2. The van der Waals surface area contributed by atoms with Crippen LogP contribution in [0.5, 0.6) is 17.2 Å². The van der Waals surface area contributed by atoms with Crippen LogP contribution in [-0.4, -0.2) is 63.0 Å². The molecule has 0 aliphatic carbocycles. The first kappa shape index (κ1) is 45.6. The Morgan fingerprint density at radius 3 is 1.97 bits per heavy atom. The maximum absolute atomic E-state index is 15.9. The van der Waals surface area contributed by atoms with Gasteiger partial charge in [-0.25, -0.2) is 19.0 Å². The molecular formula is C39H38F7N5O7. The van der Waals surface area contributed by atoms with Crippen molar-refractivity contribution in [1.29, 1.82) is 5.41 Å². The van der Waals surface area contributed by atoms with E-state index in [9.17, 15) is 26.3 Å². The Bertz CT molecular complexity index is 2100. The van der Waals surface area contributed by atoms with Crippen molar-refractivity contribution in [1.82, 2.24) is 9.97 Å². The molecule has 0 spiro atoms. The van der Waals surface area contributed by atoms with E-state index in [0.29, 0.717) is 41.8 Å². The number of halogens is 7. The highest BCUT2D eigenvalue weighted by Crippen LogP contribution is 2.35. The van der Waals surface area contributed by atoms with Crippen molar-refractivity contribution in [3.05, 3.63) is 120 Å². The number of hydrogen-bond donors (Lipinski definition) is 5. The van der Waals surface area contributed by atoms with Gasteiger partial charge in [0.25, 0.3) is 0 Å². The Morgan fingerprint density at radius 1 is 0.862 bits per heavy atom. The molecule has 1 aromatic heterocycles. The maximum atomic E-state index is 15.9. The molecule has 19 heteroatoms. The number of aromatic nitrogens is 2. The normalized spacial score (nSPS) is 11.0. The Morgan fingerprint density at radius 2 is 1.43 bits per heavy atom. The van der Waals surface area contributed by atoms with Crippen LogP contribution in [-0.2, 0) is 22.7 Å². The topological polar surface area (TPSA) is 184 Å². The number of carboxylic acids is 2. The van der Waals surface area contributed by atoms with Crippen LogP contribution in [0.4, 0.5) is 42.4 Å². The van der Waals surface area contributed by atoms with Gasteiger partial charge in [0.1, 0.15) is 23.9 Å². The van der Waals surface area contributed by atoms with Gasteiger partial charge in [0, 0.05) is 28.4 Å². The molecule has 0 aliphatic heterocycles. The minimum atomic E-state index is -5.08. The van der Waals surface area contributed by atoms with E-state index in [2.05, 4.69) is 4.98 Å². The second-order valence-corrected chi connectivity index (χ2v) is 12.0. The molecule has 5 rings (SSSR count). The number of imidazole rings is 1. The summed E-state index contributed by atoms with van der Waals surface area (Å²) < 4.78 is 97.1. The lowest BCUT2D eigenvalue weighted by Gasteiger charge is -2.24. The molecule has 12 nitrogen and oxygen atoms in total. The highest BCUT2D eigenvalue weighted by Gasteiger charge is 2.39. The standard InChI is InChI=1S/C35H36FN5O3.2C2HF3O2/c1-4-42-28-18-26(33(36)32(19-28)44-23(2)3)21-41(27-16-14-25(15-17-27)34(37)38)35-39-20-30(40-35)29-12-8-9-13-31(29)43-22-24-10-6-5-7-11-24;2*3-2(4,5)1(6)7/h5-20,23H,4,21-22H2,1-3H3,(H3,37,38)(H,39,40);2*(H,6,7). The average molecular weight is 822 g/mol. The number of alkyl halides is 6. The third-order valence-electron chi connectivity index (χ3n) is 7.30. The van der Waals surface area contributed by atoms with Gasteiger partial charge in [0.05, 0.1) is 31.1 Å². The molecule has 58 heavy (non-hydrogen) atoms. The highest BCUT2D eigenvalue weighted by atomic mass is 19.4. The number of nitrogens with two attached hydrogens (primary N) is 1. The van der Waals surface area contributed by atoms with Gasteiger partial charge in [-0.2, -0.15) is 26.3 Å². The first-order chi connectivity index (χ1) is 27.2. The van der Waals surface area contributed by atoms with E-state index in [4.69, 9.17) is 50.1 Å². The van der Waals surface area contributed by atoms with Crippen molar-refractivity contribution >= 4 is 29.4 Å². The molecule has 0 fully saturated rings.